The summed E-state index contributed by atoms with van der Waals surface area (Å²) in [4.78, 5) is 30.9. The lowest BCUT2D eigenvalue weighted by Gasteiger charge is -2.18. The summed E-state index contributed by atoms with van der Waals surface area (Å²) in [7, 11) is 0. The van der Waals surface area contributed by atoms with Gasteiger partial charge in [-0.2, -0.15) is 0 Å². The summed E-state index contributed by atoms with van der Waals surface area (Å²) in [5, 5.41) is 2.73. The average Bonchev–Trinajstić information content (AvgIpc) is 2.97. The first kappa shape index (κ1) is 16.8. The largest absolute Gasteiger partial charge is 0.350 e. The number of pyridine rings is 1. The number of benzene rings is 1. The number of aromatic nitrogens is 1. The van der Waals surface area contributed by atoms with Crippen molar-refractivity contribution in [2.75, 3.05) is 24.5 Å². The number of nitrogens with zero attached hydrogens (tertiary/aromatic N) is 3. The Morgan fingerprint density at radius 3 is 2.60 bits per heavy atom. The molecule has 1 N–H and O–H groups in total. The smallest absolute Gasteiger partial charge is 0.325 e. The lowest BCUT2D eigenvalue weighted by molar-refractivity contribution is -0.121. The molecular formula is C17H16F2N4O2. The molecule has 1 aliphatic rings. The third kappa shape index (κ3) is 3.90. The standard InChI is InChI=1S/C17H16F2N4O2/c18-14-2-1-13(9-15(14)19)23-8-7-22(17(23)25)11-16(24)21-10-12-3-5-20-6-4-12/h1-6,9H,7-8,10-11H2,(H,21,24). The summed E-state index contributed by atoms with van der Waals surface area (Å²) < 4.78 is 26.3. The predicted molar refractivity (Wildman–Crippen MR) is 86.8 cm³/mol. The Balaban J connectivity index is 1.56. The molecule has 1 aromatic carbocycles. The molecule has 6 nitrogen and oxygen atoms in total. The van der Waals surface area contributed by atoms with E-state index < -0.39 is 17.7 Å². The number of carbonyl (C=O) groups excluding carboxylic acids is 2. The average molecular weight is 346 g/mol. The van der Waals surface area contributed by atoms with Crippen LogP contribution in [0.15, 0.2) is 42.7 Å². The predicted octanol–water partition coefficient (Wildman–Crippen LogP) is 1.92. The Hall–Kier alpha value is -3.03. The Kier molecular flexibility index (Phi) is 4.87. The zero-order chi connectivity index (χ0) is 17.8. The Morgan fingerprint density at radius 2 is 1.88 bits per heavy atom. The van der Waals surface area contributed by atoms with E-state index >= 15 is 0 Å². The number of halogens is 2. The van der Waals surface area contributed by atoms with E-state index in [4.69, 9.17) is 0 Å². The van der Waals surface area contributed by atoms with E-state index in [1.807, 2.05) is 0 Å². The molecule has 130 valence electrons. The fourth-order valence-corrected chi connectivity index (χ4v) is 2.55. The van der Waals surface area contributed by atoms with Crippen LogP contribution in [-0.4, -0.2) is 41.5 Å². The third-order valence-corrected chi connectivity index (χ3v) is 3.88. The van der Waals surface area contributed by atoms with Crippen LogP contribution in [0.2, 0.25) is 0 Å². The maximum Gasteiger partial charge on any atom is 0.325 e. The van der Waals surface area contributed by atoms with Crippen molar-refractivity contribution in [3.05, 3.63) is 59.9 Å². The summed E-state index contributed by atoms with van der Waals surface area (Å²) in [5.74, 6) is -2.28. The fourth-order valence-electron chi connectivity index (χ4n) is 2.55. The quantitative estimate of drug-likeness (QED) is 0.900. The van der Waals surface area contributed by atoms with Crippen LogP contribution in [0.25, 0.3) is 0 Å². The highest BCUT2D eigenvalue weighted by Crippen LogP contribution is 2.22. The molecule has 0 spiro atoms. The molecule has 2 heterocycles. The van der Waals surface area contributed by atoms with Crippen LogP contribution in [0.1, 0.15) is 5.56 Å². The van der Waals surface area contributed by atoms with Gasteiger partial charge in [0.25, 0.3) is 0 Å². The van der Waals surface area contributed by atoms with E-state index in [2.05, 4.69) is 10.3 Å². The van der Waals surface area contributed by atoms with E-state index in [0.29, 0.717) is 19.6 Å². The molecule has 3 amide bonds. The van der Waals surface area contributed by atoms with Gasteiger partial charge < -0.3 is 10.2 Å². The molecule has 1 fully saturated rings. The van der Waals surface area contributed by atoms with Gasteiger partial charge in [0.15, 0.2) is 11.6 Å². The van der Waals surface area contributed by atoms with Crippen LogP contribution >= 0.6 is 0 Å². The number of amides is 3. The zero-order valence-corrected chi connectivity index (χ0v) is 13.3. The highest BCUT2D eigenvalue weighted by Gasteiger charge is 2.31. The minimum atomic E-state index is -1.01. The van der Waals surface area contributed by atoms with Crippen molar-refractivity contribution in [1.29, 1.82) is 0 Å². The molecule has 1 aliphatic heterocycles. The third-order valence-electron chi connectivity index (χ3n) is 3.88. The van der Waals surface area contributed by atoms with E-state index in [9.17, 15) is 18.4 Å². The summed E-state index contributed by atoms with van der Waals surface area (Å²) >= 11 is 0. The van der Waals surface area contributed by atoms with Gasteiger partial charge in [0.2, 0.25) is 5.91 Å². The normalized spacial score (nSPS) is 14.1. The van der Waals surface area contributed by atoms with Gasteiger partial charge >= 0.3 is 6.03 Å². The SMILES string of the molecule is O=C(CN1CCN(c2ccc(F)c(F)c2)C1=O)NCc1ccncc1. The van der Waals surface area contributed by atoms with Gasteiger partial charge in [-0.25, -0.2) is 13.6 Å². The molecule has 0 saturated carbocycles. The van der Waals surface area contributed by atoms with Crippen LogP contribution in [0, 0.1) is 11.6 Å². The van der Waals surface area contributed by atoms with E-state index in [0.717, 1.165) is 17.7 Å². The maximum absolute atomic E-state index is 13.3. The van der Waals surface area contributed by atoms with Gasteiger partial charge in [0.1, 0.15) is 6.54 Å². The number of urea groups is 1. The summed E-state index contributed by atoms with van der Waals surface area (Å²) in [6.45, 7) is 0.891. The molecular weight excluding hydrogens is 330 g/mol. The highest BCUT2D eigenvalue weighted by atomic mass is 19.2. The van der Waals surface area contributed by atoms with Crippen LogP contribution in [0.4, 0.5) is 19.3 Å². The molecule has 0 unspecified atom stereocenters. The second-order valence-electron chi connectivity index (χ2n) is 5.59. The second-order valence-corrected chi connectivity index (χ2v) is 5.59. The van der Waals surface area contributed by atoms with Crippen molar-refractivity contribution >= 4 is 17.6 Å². The molecule has 1 aromatic heterocycles. The van der Waals surface area contributed by atoms with Gasteiger partial charge in [-0.15, -0.1) is 0 Å². The summed E-state index contributed by atoms with van der Waals surface area (Å²) in [6, 6.07) is 6.44. The Labute approximate surface area is 143 Å². The van der Waals surface area contributed by atoms with E-state index in [1.165, 1.54) is 15.9 Å². The maximum atomic E-state index is 13.3. The molecule has 0 atom stereocenters. The Bertz CT molecular complexity index is 785. The lowest BCUT2D eigenvalue weighted by Crippen LogP contribution is -2.39. The Morgan fingerprint density at radius 1 is 1.12 bits per heavy atom. The van der Waals surface area contributed by atoms with E-state index in [-0.39, 0.29) is 18.1 Å². The molecule has 1 saturated heterocycles. The minimum absolute atomic E-state index is 0.0932. The minimum Gasteiger partial charge on any atom is -0.350 e. The fraction of sp³-hybridized carbons (Fsp3) is 0.235. The van der Waals surface area contributed by atoms with Gasteiger partial charge in [-0.3, -0.25) is 14.7 Å². The monoisotopic (exact) mass is 346 g/mol. The first-order chi connectivity index (χ1) is 12.0. The number of hydrogen-bond donors (Lipinski definition) is 1. The van der Waals surface area contributed by atoms with Crippen molar-refractivity contribution in [3.63, 3.8) is 0 Å². The van der Waals surface area contributed by atoms with Crippen molar-refractivity contribution in [3.8, 4) is 0 Å². The number of carbonyl (C=O) groups is 2. The van der Waals surface area contributed by atoms with Crippen molar-refractivity contribution in [2.45, 2.75) is 6.54 Å². The highest BCUT2D eigenvalue weighted by molar-refractivity contribution is 5.96. The van der Waals surface area contributed by atoms with Crippen molar-refractivity contribution in [2.24, 2.45) is 0 Å². The topological polar surface area (TPSA) is 65.5 Å². The van der Waals surface area contributed by atoms with Crippen LogP contribution in [0.3, 0.4) is 0 Å². The molecule has 0 radical (unpaired) electrons. The first-order valence-corrected chi connectivity index (χ1v) is 7.71. The van der Waals surface area contributed by atoms with Gasteiger partial charge in [-0.1, -0.05) is 0 Å². The van der Waals surface area contributed by atoms with Gasteiger partial charge in [0, 0.05) is 43.8 Å². The number of rotatable bonds is 5. The van der Waals surface area contributed by atoms with Crippen LogP contribution in [-0.2, 0) is 11.3 Å². The summed E-state index contributed by atoms with van der Waals surface area (Å²) in [5.41, 5.74) is 1.17. The molecule has 3 rings (SSSR count). The molecule has 8 heteroatoms. The van der Waals surface area contributed by atoms with Crippen molar-refractivity contribution < 1.29 is 18.4 Å². The summed E-state index contributed by atoms with van der Waals surface area (Å²) in [6.07, 6.45) is 3.26. The van der Waals surface area contributed by atoms with Gasteiger partial charge in [0.05, 0.1) is 0 Å². The number of anilines is 1. The first-order valence-electron chi connectivity index (χ1n) is 7.71. The molecule has 2 aromatic rings. The molecule has 25 heavy (non-hydrogen) atoms. The van der Waals surface area contributed by atoms with Crippen LogP contribution in [0.5, 0.6) is 0 Å². The van der Waals surface area contributed by atoms with E-state index in [1.54, 1.807) is 24.5 Å². The number of nitrogens with one attached hydrogen (secondary N) is 1. The number of hydrogen-bond acceptors (Lipinski definition) is 3. The lowest BCUT2D eigenvalue weighted by atomic mass is 10.3. The van der Waals surface area contributed by atoms with Crippen molar-refractivity contribution in [1.82, 2.24) is 15.2 Å². The molecule has 0 aliphatic carbocycles. The molecule has 0 bridgehead atoms. The van der Waals surface area contributed by atoms with Crippen LogP contribution < -0.4 is 10.2 Å². The second kappa shape index (κ2) is 7.25. The zero-order valence-electron chi connectivity index (χ0n) is 13.3. The van der Waals surface area contributed by atoms with Gasteiger partial charge in [-0.05, 0) is 29.8 Å².